The molecule has 0 spiro atoms. The number of carbonyl (C=O) groups excluding carboxylic acids is 1. The van der Waals surface area contributed by atoms with Gasteiger partial charge in [-0.3, -0.25) is 9.10 Å². The van der Waals surface area contributed by atoms with Crippen molar-refractivity contribution in [2.75, 3.05) is 23.8 Å². The number of hydrogen-bond acceptors (Lipinski definition) is 5. The number of fused-ring (bicyclic) bond motifs is 1. The van der Waals surface area contributed by atoms with Crippen LogP contribution in [0.3, 0.4) is 0 Å². The van der Waals surface area contributed by atoms with E-state index in [2.05, 4.69) is 5.32 Å². The molecule has 0 saturated heterocycles. The van der Waals surface area contributed by atoms with Gasteiger partial charge in [0.15, 0.2) is 11.5 Å². The second kappa shape index (κ2) is 9.03. The third-order valence-electron chi connectivity index (χ3n) is 5.32. The zero-order chi connectivity index (χ0) is 20.1. The quantitative estimate of drug-likeness (QED) is 0.807. The summed E-state index contributed by atoms with van der Waals surface area (Å²) in [7, 11) is -3.67. The number of sulfonamides is 1. The minimum atomic E-state index is -3.67. The number of benzene rings is 1. The third-order valence-corrected chi connectivity index (χ3v) is 6.56. The zero-order valence-electron chi connectivity index (χ0n) is 16.6. The van der Waals surface area contributed by atoms with Gasteiger partial charge in [0.2, 0.25) is 15.9 Å². The van der Waals surface area contributed by atoms with Crippen molar-refractivity contribution >= 4 is 21.6 Å². The molecule has 28 heavy (non-hydrogen) atoms. The first-order valence-electron chi connectivity index (χ1n) is 10.1. The number of hydrogen-bond donors (Lipinski definition) is 1. The molecule has 1 atom stereocenters. The van der Waals surface area contributed by atoms with E-state index in [4.69, 9.17) is 9.47 Å². The van der Waals surface area contributed by atoms with Crippen LogP contribution in [0.5, 0.6) is 11.5 Å². The van der Waals surface area contributed by atoms with E-state index < -0.39 is 16.1 Å². The minimum Gasteiger partial charge on any atom is -0.486 e. The molecule has 1 saturated carbocycles. The molecule has 0 aromatic heterocycles. The molecule has 3 rings (SSSR count). The van der Waals surface area contributed by atoms with Crippen LogP contribution in [-0.2, 0) is 14.8 Å². The number of amides is 1. The van der Waals surface area contributed by atoms with Crippen LogP contribution >= 0.6 is 0 Å². The number of rotatable bonds is 5. The summed E-state index contributed by atoms with van der Waals surface area (Å²) in [6.07, 6.45) is 8.83. The van der Waals surface area contributed by atoms with Gasteiger partial charge in [0.1, 0.15) is 19.3 Å². The first-order valence-corrected chi connectivity index (χ1v) is 11.9. The fourth-order valence-electron chi connectivity index (χ4n) is 3.90. The van der Waals surface area contributed by atoms with Crippen LogP contribution in [-0.4, -0.2) is 45.9 Å². The Bertz CT molecular complexity index is 788. The van der Waals surface area contributed by atoms with Crippen molar-refractivity contribution in [3.63, 3.8) is 0 Å². The topological polar surface area (TPSA) is 84.9 Å². The summed E-state index contributed by atoms with van der Waals surface area (Å²) in [5, 5.41) is 3.07. The number of nitrogens with one attached hydrogen (secondary N) is 1. The van der Waals surface area contributed by atoms with Crippen LogP contribution in [0.4, 0.5) is 5.69 Å². The van der Waals surface area contributed by atoms with E-state index in [1.165, 1.54) is 19.3 Å². The number of anilines is 1. The molecule has 1 N–H and O–H groups in total. The molecule has 2 aliphatic rings. The van der Waals surface area contributed by atoms with E-state index in [0.29, 0.717) is 30.4 Å². The fraction of sp³-hybridized carbons (Fsp3) is 0.650. The lowest BCUT2D eigenvalue weighted by molar-refractivity contribution is -0.122. The molecular formula is C20H30N2O5S. The molecule has 0 unspecified atom stereocenters. The first kappa shape index (κ1) is 20.8. The molecule has 8 heteroatoms. The maximum atomic E-state index is 12.9. The van der Waals surface area contributed by atoms with Crippen molar-refractivity contribution < 1.29 is 22.7 Å². The number of carbonyl (C=O) groups is 1. The molecule has 1 amide bonds. The van der Waals surface area contributed by atoms with Gasteiger partial charge in [0.25, 0.3) is 0 Å². The Morgan fingerprint density at radius 2 is 1.68 bits per heavy atom. The van der Waals surface area contributed by atoms with Crippen LogP contribution in [0.15, 0.2) is 18.2 Å². The number of ether oxygens (including phenoxy) is 2. The van der Waals surface area contributed by atoms with Crippen molar-refractivity contribution in [2.24, 2.45) is 0 Å². The monoisotopic (exact) mass is 410 g/mol. The van der Waals surface area contributed by atoms with Crippen LogP contribution < -0.4 is 19.1 Å². The van der Waals surface area contributed by atoms with E-state index in [0.717, 1.165) is 36.2 Å². The second-order valence-electron chi connectivity index (χ2n) is 7.61. The molecule has 0 bridgehead atoms. The van der Waals surface area contributed by atoms with E-state index >= 15 is 0 Å². The van der Waals surface area contributed by atoms with Gasteiger partial charge in [-0.25, -0.2) is 8.42 Å². The predicted octanol–water partition coefficient (Wildman–Crippen LogP) is 2.84. The van der Waals surface area contributed by atoms with Gasteiger partial charge in [-0.1, -0.05) is 32.1 Å². The summed E-state index contributed by atoms with van der Waals surface area (Å²) in [6.45, 7) is 2.49. The summed E-state index contributed by atoms with van der Waals surface area (Å²) in [5.74, 6) is 0.797. The van der Waals surface area contributed by atoms with Gasteiger partial charge in [0.05, 0.1) is 11.9 Å². The summed E-state index contributed by atoms with van der Waals surface area (Å²) in [6, 6.07) is 4.20. The standard InChI is InChI=1S/C20H30N2O5S/c1-15(20(23)21-16-8-6-4-3-5-7-9-16)22(28(2,24)25)17-10-11-18-19(14-17)27-13-12-26-18/h10-11,14-16H,3-9,12-13H2,1-2H3,(H,21,23)/t15-/m1/s1. The smallest absolute Gasteiger partial charge is 0.243 e. The van der Waals surface area contributed by atoms with Crippen molar-refractivity contribution in [2.45, 2.75) is 64.0 Å². The molecule has 1 aromatic carbocycles. The summed E-state index contributed by atoms with van der Waals surface area (Å²) >= 11 is 0. The Labute approximate surface area is 167 Å². The minimum absolute atomic E-state index is 0.108. The number of nitrogens with zero attached hydrogens (tertiary/aromatic N) is 1. The Balaban J connectivity index is 1.78. The highest BCUT2D eigenvalue weighted by Crippen LogP contribution is 2.35. The van der Waals surface area contributed by atoms with E-state index in [-0.39, 0.29) is 11.9 Å². The van der Waals surface area contributed by atoms with E-state index in [1.807, 2.05) is 0 Å². The van der Waals surface area contributed by atoms with Crippen molar-refractivity contribution in [1.82, 2.24) is 5.32 Å². The molecule has 7 nitrogen and oxygen atoms in total. The molecule has 1 aliphatic carbocycles. The maximum Gasteiger partial charge on any atom is 0.243 e. The lowest BCUT2D eigenvalue weighted by Crippen LogP contribution is -2.50. The van der Waals surface area contributed by atoms with Crippen molar-refractivity contribution in [3.8, 4) is 11.5 Å². The molecule has 0 radical (unpaired) electrons. The van der Waals surface area contributed by atoms with Crippen LogP contribution in [0, 0.1) is 0 Å². The van der Waals surface area contributed by atoms with E-state index in [9.17, 15) is 13.2 Å². The van der Waals surface area contributed by atoms with Gasteiger partial charge in [-0.2, -0.15) is 0 Å². The average Bonchev–Trinajstić information content (AvgIpc) is 2.62. The SMILES string of the molecule is C[C@H](C(=O)NC1CCCCCCC1)N(c1ccc2c(c1)OCCO2)S(C)(=O)=O. The summed E-state index contributed by atoms with van der Waals surface area (Å²) in [5.41, 5.74) is 0.395. The van der Waals surface area contributed by atoms with Crippen LogP contribution in [0.1, 0.15) is 51.9 Å². The van der Waals surface area contributed by atoms with Gasteiger partial charge >= 0.3 is 0 Å². The largest absolute Gasteiger partial charge is 0.486 e. The summed E-state index contributed by atoms with van der Waals surface area (Å²) in [4.78, 5) is 12.9. The van der Waals surface area contributed by atoms with Gasteiger partial charge in [-0.15, -0.1) is 0 Å². The maximum absolute atomic E-state index is 12.9. The first-order chi connectivity index (χ1) is 13.4. The highest BCUT2D eigenvalue weighted by atomic mass is 32.2. The fourth-order valence-corrected chi connectivity index (χ4v) is 5.07. The lowest BCUT2D eigenvalue weighted by Gasteiger charge is -2.31. The molecule has 1 heterocycles. The van der Waals surface area contributed by atoms with Gasteiger partial charge in [0, 0.05) is 12.1 Å². The Morgan fingerprint density at radius 1 is 1.07 bits per heavy atom. The second-order valence-corrected chi connectivity index (χ2v) is 9.47. The van der Waals surface area contributed by atoms with Crippen molar-refractivity contribution in [3.05, 3.63) is 18.2 Å². The average molecular weight is 411 g/mol. The normalized spacial score (nSPS) is 19.2. The highest BCUT2D eigenvalue weighted by Gasteiger charge is 2.31. The molecule has 1 aliphatic heterocycles. The van der Waals surface area contributed by atoms with Crippen LogP contribution in [0.2, 0.25) is 0 Å². The highest BCUT2D eigenvalue weighted by molar-refractivity contribution is 7.92. The molecule has 1 fully saturated rings. The Kier molecular flexibility index (Phi) is 6.69. The predicted molar refractivity (Wildman–Crippen MR) is 108 cm³/mol. The summed E-state index contributed by atoms with van der Waals surface area (Å²) < 4.78 is 37.3. The molecule has 156 valence electrons. The Hall–Kier alpha value is -1.96. The Morgan fingerprint density at radius 3 is 2.32 bits per heavy atom. The van der Waals surface area contributed by atoms with Gasteiger partial charge in [-0.05, 0) is 31.9 Å². The lowest BCUT2D eigenvalue weighted by atomic mass is 9.96. The van der Waals surface area contributed by atoms with E-state index in [1.54, 1.807) is 25.1 Å². The van der Waals surface area contributed by atoms with Gasteiger partial charge < -0.3 is 14.8 Å². The molecule has 1 aromatic rings. The third kappa shape index (κ3) is 5.10. The van der Waals surface area contributed by atoms with Crippen LogP contribution in [0.25, 0.3) is 0 Å². The van der Waals surface area contributed by atoms with Crippen molar-refractivity contribution in [1.29, 1.82) is 0 Å². The molecular weight excluding hydrogens is 380 g/mol. The zero-order valence-corrected chi connectivity index (χ0v) is 17.5.